The highest BCUT2D eigenvalue weighted by atomic mass is 16.1. The largest absolute Gasteiger partial charge is 0.396 e. The Balaban J connectivity index is 2.12. The van der Waals surface area contributed by atoms with Gasteiger partial charge >= 0.3 is 0 Å². The molecule has 16 heavy (non-hydrogen) atoms. The molecule has 1 amide bonds. The Bertz CT molecular complexity index is 341. The fourth-order valence-corrected chi connectivity index (χ4v) is 1.29. The summed E-state index contributed by atoms with van der Waals surface area (Å²) in [6.07, 6.45) is 3.62. The fraction of sp³-hybridized carbons (Fsp3) is 0.455. The normalized spacial score (nSPS) is 9.81. The lowest BCUT2D eigenvalue weighted by Gasteiger charge is -2.07. The summed E-state index contributed by atoms with van der Waals surface area (Å²) < 4.78 is 0. The van der Waals surface area contributed by atoms with Crippen molar-refractivity contribution in [3.05, 3.63) is 18.3 Å². The molecular formula is C11H18N4O. The van der Waals surface area contributed by atoms with Crippen LogP contribution in [-0.4, -0.2) is 24.0 Å². The van der Waals surface area contributed by atoms with Crippen LogP contribution in [0.2, 0.25) is 0 Å². The lowest BCUT2D eigenvalue weighted by Crippen LogP contribution is -2.21. The average molecular weight is 222 g/mol. The summed E-state index contributed by atoms with van der Waals surface area (Å²) in [4.78, 5) is 14.7. The summed E-state index contributed by atoms with van der Waals surface area (Å²) >= 11 is 0. The van der Waals surface area contributed by atoms with Gasteiger partial charge in [-0.15, -0.1) is 0 Å². The Kier molecular flexibility index (Phi) is 5.11. The van der Waals surface area contributed by atoms with Gasteiger partial charge in [0, 0.05) is 26.2 Å². The van der Waals surface area contributed by atoms with Crippen LogP contribution in [0.1, 0.15) is 19.8 Å². The number of carbonyl (C=O) groups is 1. The third kappa shape index (κ3) is 4.63. The van der Waals surface area contributed by atoms with Crippen molar-refractivity contribution in [1.82, 2.24) is 10.3 Å². The van der Waals surface area contributed by atoms with E-state index in [1.807, 2.05) is 6.07 Å². The van der Waals surface area contributed by atoms with E-state index in [0.717, 1.165) is 25.2 Å². The predicted molar refractivity (Wildman–Crippen MR) is 65.1 cm³/mol. The number of amides is 1. The number of hydrogen-bond donors (Lipinski definition) is 3. The fourth-order valence-electron chi connectivity index (χ4n) is 1.29. The number of nitrogens with one attached hydrogen (secondary N) is 2. The van der Waals surface area contributed by atoms with Crippen LogP contribution >= 0.6 is 0 Å². The molecule has 0 saturated carbocycles. The van der Waals surface area contributed by atoms with Gasteiger partial charge in [-0.05, 0) is 25.0 Å². The average Bonchev–Trinajstić information content (AvgIpc) is 2.25. The molecule has 0 saturated heterocycles. The quantitative estimate of drug-likeness (QED) is 0.627. The van der Waals surface area contributed by atoms with E-state index in [9.17, 15) is 4.79 Å². The van der Waals surface area contributed by atoms with Crippen molar-refractivity contribution in [2.75, 3.05) is 24.1 Å². The maximum atomic E-state index is 10.6. The minimum Gasteiger partial charge on any atom is -0.396 e. The van der Waals surface area contributed by atoms with Gasteiger partial charge in [0.15, 0.2) is 0 Å². The Morgan fingerprint density at radius 2 is 2.19 bits per heavy atom. The van der Waals surface area contributed by atoms with E-state index in [0.29, 0.717) is 12.2 Å². The third-order valence-corrected chi connectivity index (χ3v) is 2.11. The molecule has 0 aliphatic carbocycles. The van der Waals surface area contributed by atoms with Crippen LogP contribution in [0, 0.1) is 0 Å². The van der Waals surface area contributed by atoms with Crippen LogP contribution < -0.4 is 16.4 Å². The topological polar surface area (TPSA) is 80.0 Å². The number of hydrogen-bond acceptors (Lipinski definition) is 4. The molecule has 0 aliphatic rings. The van der Waals surface area contributed by atoms with Gasteiger partial charge in [-0.2, -0.15) is 0 Å². The van der Waals surface area contributed by atoms with Crippen molar-refractivity contribution in [1.29, 1.82) is 0 Å². The number of carbonyl (C=O) groups excluding carboxylic acids is 1. The van der Waals surface area contributed by atoms with Gasteiger partial charge in [-0.25, -0.2) is 4.98 Å². The second-order valence-electron chi connectivity index (χ2n) is 3.56. The van der Waals surface area contributed by atoms with Gasteiger partial charge in [0.2, 0.25) is 5.91 Å². The van der Waals surface area contributed by atoms with Crippen LogP contribution in [0.15, 0.2) is 18.3 Å². The molecule has 0 atom stereocenters. The zero-order chi connectivity index (χ0) is 11.8. The van der Waals surface area contributed by atoms with Crippen molar-refractivity contribution < 1.29 is 4.79 Å². The number of anilines is 2. The standard InChI is InChI=1S/C11H18N4O/c1-9(16)13-6-2-3-7-14-11-10(12)5-4-8-15-11/h4-5,8H,2-3,6-7,12H2,1H3,(H,13,16)(H,14,15). The molecule has 0 unspecified atom stereocenters. The number of pyridine rings is 1. The van der Waals surface area contributed by atoms with Crippen molar-refractivity contribution in [2.45, 2.75) is 19.8 Å². The number of nitrogen functional groups attached to an aromatic ring is 1. The zero-order valence-corrected chi connectivity index (χ0v) is 9.49. The summed E-state index contributed by atoms with van der Waals surface area (Å²) in [7, 11) is 0. The third-order valence-electron chi connectivity index (χ3n) is 2.11. The molecule has 0 fully saturated rings. The van der Waals surface area contributed by atoms with Gasteiger partial charge in [0.25, 0.3) is 0 Å². The Morgan fingerprint density at radius 1 is 1.44 bits per heavy atom. The van der Waals surface area contributed by atoms with Gasteiger partial charge in [-0.1, -0.05) is 0 Å². The van der Waals surface area contributed by atoms with E-state index in [-0.39, 0.29) is 5.91 Å². The van der Waals surface area contributed by atoms with Gasteiger partial charge in [-0.3, -0.25) is 4.79 Å². The van der Waals surface area contributed by atoms with E-state index in [4.69, 9.17) is 5.73 Å². The summed E-state index contributed by atoms with van der Waals surface area (Å²) in [5.74, 6) is 0.740. The number of aromatic nitrogens is 1. The highest BCUT2D eigenvalue weighted by Gasteiger charge is 1.97. The molecule has 0 bridgehead atoms. The molecule has 1 rings (SSSR count). The van der Waals surface area contributed by atoms with Crippen LogP contribution in [0.25, 0.3) is 0 Å². The number of rotatable bonds is 6. The summed E-state index contributed by atoms with van der Waals surface area (Å²) in [5, 5.41) is 5.90. The first-order valence-corrected chi connectivity index (χ1v) is 5.39. The molecule has 4 N–H and O–H groups in total. The van der Waals surface area contributed by atoms with Crippen LogP contribution in [-0.2, 0) is 4.79 Å². The van der Waals surface area contributed by atoms with Crippen LogP contribution in [0.5, 0.6) is 0 Å². The van der Waals surface area contributed by atoms with E-state index >= 15 is 0 Å². The number of nitrogens with zero attached hydrogens (tertiary/aromatic N) is 1. The smallest absolute Gasteiger partial charge is 0.216 e. The van der Waals surface area contributed by atoms with Crippen molar-refractivity contribution in [3.63, 3.8) is 0 Å². The maximum absolute atomic E-state index is 10.6. The monoisotopic (exact) mass is 222 g/mol. The van der Waals surface area contributed by atoms with E-state index in [2.05, 4.69) is 15.6 Å². The molecule has 1 aromatic rings. The van der Waals surface area contributed by atoms with Crippen LogP contribution in [0.3, 0.4) is 0 Å². The molecule has 88 valence electrons. The first-order valence-electron chi connectivity index (χ1n) is 5.39. The summed E-state index contributed by atoms with van der Waals surface area (Å²) in [6, 6.07) is 3.62. The first-order chi connectivity index (χ1) is 7.70. The molecule has 0 radical (unpaired) electrons. The lowest BCUT2D eigenvalue weighted by atomic mass is 10.3. The zero-order valence-electron chi connectivity index (χ0n) is 9.49. The Morgan fingerprint density at radius 3 is 2.88 bits per heavy atom. The number of unbranched alkanes of at least 4 members (excludes halogenated alkanes) is 1. The Hall–Kier alpha value is -1.78. The predicted octanol–water partition coefficient (Wildman–Crippen LogP) is 0.992. The van der Waals surface area contributed by atoms with Gasteiger partial charge in [0.05, 0.1) is 5.69 Å². The molecular weight excluding hydrogens is 204 g/mol. The second kappa shape index (κ2) is 6.66. The van der Waals surface area contributed by atoms with Crippen molar-refractivity contribution in [2.24, 2.45) is 0 Å². The van der Waals surface area contributed by atoms with E-state index < -0.39 is 0 Å². The van der Waals surface area contributed by atoms with E-state index in [1.165, 1.54) is 6.92 Å². The first kappa shape index (κ1) is 12.3. The number of nitrogens with two attached hydrogens (primary N) is 1. The minimum atomic E-state index is 0.0157. The molecule has 0 aromatic carbocycles. The maximum Gasteiger partial charge on any atom is 0.216 e. The van der Waals surface area contributed by atoms with E-state index in [1.54, 1.807) is 12.3 Å². The van der Waals surface area contributed by atoms with Crippen molar-refractivity contribution in [3.8, 4) is 0 Å². The summed E-state index contributed by atoms with van der Waals surface area (Å²) in [5.41, 5.74) is 6.38. The second-order valence-corrected chi connectivity index (χ2v) is 3.56. The highest BCUT2D eigenvalue weighted by molar-refractivity contribution is 5.72. The minimum absolute atomic E-state index is 0.0157. The SMILES string of the molecule is CC(=O)NCCCCNc1ncccc1N. The molecule has 5 nitrogen and oxygen atoms in total. The molecule has 0 spiro atoms. The molecule has 1 aromatic heterocycles. The van der Waals surface area contributed by atoms with Gasteiger partial charge in [0.1, 0.15) is 5.82 Å². The van der Waals surface area contributed by atoms with Crippen molar-refractivity contribution >= 4 is 17.4 Å². The highest BCUT2D eigenvalue weighted by Crippen LogP contribution is 2.12. The molecule has 1 heterocycles. The lowest BCUT2D eigenvalue weighted by molar-refractivity contribution is -0.118. The molecule has 5 heteroatoms. The Labute approximate surface area is 95.4 Å². The summed E-state index contributed by atoms with van der Waals surface area (Å²) in [6.45, 7) is 3.04. The van der Waals surface area contributed by atoms with Gasteiger partial charge < -0.3 is 16.4 Å². The van der Waals surface area contributed by atoms with Crippen LogP contribution in [0.4, 0.5) is 11.5 Å². The molecule has 0 aliphatic heterocycles.